The largest absolute Gasteiger partial charge is 0.347 e. The maximum absolute atomic E-state index is 12.9. The van der Waals surface area contributed by atoms with Crippen LogP contribution in [0.5, 0.6) is 0 Å². The number of aromatic nitrogens is 2. The highest BCUT2D eigenvalue weighted by Crippen LogP contribution is 2.30. The number of pyridine rings is 2. The van der Waals surface area contributed by atoms with Crippen LogP contribution in [-0.2, 0) is 19.2 Å². The molecule has 184 valence electrons. The fourth-order valence-corrected chi connectivity index (χ4v) is 3.71. The molecule has 2 aromatic heterocycles. The first-order valence-electron chi connectivity index (χ1n) is 11.1. The first-order chi connectivity index (χ1) is 16.7. The number of rotatable bonds is 7. The number of nitrogens with one attached hydrogen (secondary N) is 3. The zero-order valence-electron chi connectivity index (χ0n) is 19.5. The predicted octanol–water partition coefficient (Wildman–Crippen LogP) is 1.64. The van der Waals surface area contributed by atoms with Crippen LogP contribution in [0.25, 0.3) is 5.57 Å². The number of nitrogens with zero attached hydrogens (tertiary/aromatic N) is 3. The second-order valence-electron chi connectivity index (χ2n) is 8.26. The van der Waals surface area contributed by atoms with E-state index in [2.05, 4.69) is 25.9 Å². The highest BCUT2D eigenvalue weighted by Gasteiger charge is 2.29. The standard InChI is InChI=1S/C24H27ClN6O4/c1-31(2)24(35)19(14-28-22(33)23(34)30-20-8-7-18(25)13-27-20)29-21(32)17-5-3-15(4-6-17)16-9-11-26-12-10-16/h3,7-13,17,19H,4-6,14H2,1-2H3,(H,28,33)(H,29,32)(H,27,30,34). The van der Waals surface area contributed by atoms with Crippen molar-refractivity contribution in [2.75, 3.05) is 26.0 Å². The Morgan fingerprint density at radius 2 is 1.86 bits per heavy atom. The summed E-state index contributed by atoms with van der Waals surface area (Å²) in [6, 6.07) is 5.81. The van der Waals surface area contributed by atoms with Crippen LogP contribution < -0.4 is 16.0 Å². The molecule has 2 aromatic rings. The number of likely N-dealkylation sites (N-methyl/N-ethyl adjacent to an activating group) is 1. The lowest BCUT2D eigenvalue weighted by Gasteiger charge is -2.26. The summed E-state index contributed by atoms with van der Waals surface area (Å²) in [5.74, 6) is -2.74. The summed E-state index contributed by atoms with van der Waals surface area (Å²) in [5, 5.41) is 7.86. The monoisotopic (exact) mass is 498 g/mol. The van der Waals surface area contributed by atoms with E-state index in [1.165, 1.54) is 23.2 Å². The number of amides is 4. The third-order valence-corrected chi connectivity index (χ3v) is 5.75. The molecule has 0 aromatic carbocycles. The zero-order valence-corrected chi connectivity index (χ0v) is 20.2. The van der Waals surface area contributed by atoms with Crippen LogP contribution in [0.1, 0.15) is 24.8 Å². The lowest BCUT2D eigenvalue weighted by Crippen LogP contribution is -2.54. The van der Waals surface area contributed by atoms with E-state index in [0.717, 1.165) is 17.6 Å². The van der Waals surface area contributed by atoms with Crippen molar-refractivity contribution in [1.29, 1.82) is 0 Å². The molecule has 3 rings (SSSR count). The Morgan fingerprint density at radius 1 is 1.11 bits per heavy atom. The van der Waals surface area contributed by atoms with Crippen molar-refractivity contribution in [2.24, 2.45) is 5.92 Å². The maximum atomic E-state index is 12.9. The lowest BCUT2D eigenvalue weighted by atomic mass is 9.86. The van der Waals surface area contributed by atoms with Gasteiger partial charge in [0.15, 0.2) is 0 Å². The molecule has 0 aliphatic heterocycles. The molecule has 0 spiro atoms. The SMILES string of the molecule is CN(C)C(=O)C(CNC(=O)C(=O)Nc1ccc(Cl)cn1)NC(=O)C1CC=C(c2ccncc2)CC1. The van der Waals surface area contributed by atoms with E-state index in [-0.39, 0.29) is 24.2 Å². The first kappa shape index (κ1) is 25.8. The number of allylic oxidation sites excluding steroid dienone is 2. The summed E-state index contributed by atoms with van der Waals surface area (Å²) < 4.78 is 0. The third kappa shape index (κ3) is 7.35. The Bertz CT molecular complexity index is 1100. The summed E-state index contributed by atoms with van der Waals surface area (Å²) in [6.45, 7) is -0.242. The highest BCUT2D eigenvalue weighted by molar-refractivity contribution is 6.39. The van der Waals surface area contributed by atoms with E-state index >= 15 is 0 Å². The van der Waals surface area contributed by atoms with Crippen molar-refractivity contribution >= 4 is 46.6 Å². The van der Waals surface area contributed by atoms with Crippen LogP contribution in [0.3, 0.4) is 0 Å². The van der Waals surface area contributed by atoms with Crippen molar-refractivity contribution in [3.8, 4) is 0 Å². The molecule has 0 radical (unpaired) electrons. The van der Waals surface area contributed by atoms with Crippen LogP contribution in [0.4, 0.5) is 5.82 Å². The Labute approximate surface area is 208 Å². The number of hydrogen-bond donors (Lipinski definition) is 3. The second-order valence-corrected chi connectivity index (χ2v) is 8.69. The van der Waals surface area contributed by atoms with Crippen molar-refractivity contribution in [1.82, 2.24) is 25.5 Å². The number of carbonyl (C=O) groups excluding carboxylic acids is 4. The van der Waals surface area contributed by atoms with Gasteiger partial charge in [-0.05, 0) is 54.7 Å². The van der Waals surface area contributed by atoms with Crippen LogP contribution in [-0.4, -0.2) is 65.2 Å². The van der Waals surface area contributed by atoms with Crippen LogP contribution >= 0.6 is 11.6 Å². The molecule has 2 heterocycles. The molecule has 3 N–H and O–H groups in total. The maximum Gasteiger partial charge on any atom is 0.314 e. The fraction of sp³-hybridized carbons (Fsp3) is 0.333. The van der Waals surface area contributed by atoms with E-state index in [1.54, 1.807) is 26.5 Å². The zero-order chi connectivity index (χ0) is 25.4. The average Bonchev–Trinajstić information content (AvgIpc) is 2.87. The first-order valence-corrected chi connectivity index (χ1v) is 11.4. The van der Waals surface area contributed by atoms with Gasteiger partial charge in [-0.25, -0.2) is 4.98 Å². The van der Waals surface area contributed by atoms with Crippen LogP contribution in [0, 0.1) is 5.92 Å². The molecule has 1 aliphatic rings. The molecule has 2 unspecified atom stereocenters. The van der Waals surface area contributed by atoms with Gasteiger partial charge in [0, 0.05) is 45.1 Å². The molecule has 10 nitrogen and oxygen atoms in total. The van der Waals surface area contributed by atoms with E-state index in [1.807, 2.05) is 18.2 Å². The van der Waals surface area contributed by atoms with E-state index in [0.29, 0.717) is 17.9 Å². The number of hydrogen-bond acceptors (Lipinski definition) is 6. The summed E-state index contributed by atoms with van der Waals surface area (Å²) in [5.41, 5.74) is 2.24. The average molecular weight is 499 g/mol. The molecule has 0 saturated carbocycles. The van der Waals surface area contributed by atoms with Gasteiger partial charge in [-0.1, -0.05) is 17.7 Å². The molecule has 4 amide bonds. The quantitative estimate of drug-likeness (QED) is 0.497. The Kier molecular flexibility index (Phi) is 8.91. The molecule has 35 heavy (non-hydrogen) atoms. The van der Waals surface area contributed by atoms with Gasteiger partial charge in [0.1, 0.15) is 11.9 Å². The summed E-state index contributed by atoms with van der Waals surface area (Å²) in [6.07, 6.45) is 8.71. The molecule has 0 saturated heterocycles. The van der Waals surface area contributed by atoms with Crippen molar-refractivity contribution in [3.63, 3.8) is 0 Å². The fourth-order valence-electron chi connectivity index (χ4n) is 3.60. The predicted molar refractivity (Wildman–Crippen MR) is 131 cm³/mol. The normalized spacial score (nSPS) is 15.9. The van der Waals surface area contributed by atoms with Crippen LogP contribution in [0.2, 0.25) is 5.02 Å². The summed E-state index contributed by atoms with van der Waals surface area (Å²) in [4.78, 5) is 59.1. The summed E-state index contributed by atoms with van der Waals surface area (Å²) >= 11 is 5.75. The van der Waals surface area contributed by atoms with Crippen molar-refractivity contribution in [2.45, 2.75) is 25.3 Å². The molecule has 2 atom stereocenters. The van der Waals surface area contributed by atoms with Gasteiger partial charge >= 0.3 is 11.8 Å². The van der Waals surface area contributed by atoms with E-state index < -0.39 is 23.8 Å². The van der Waals surface area contributed by atoms with Gasteiger partial charge in [-0.2, -0.15) is 0 Å². The van der Waals surface area contributed by atoms with Gasteiger partial charge in [-0.3, -0.25) is 24.2 Å². The van der Waals surface area contributed by atoms with Crippen molar-refractivity contribution < 1.29 is 19.2 Å². The van der Waals surface area contributed by atoms with E-state index in [9.17, 15) is 19.2 Å². The summed E-state index contributed by atoms with van der Waals surface area (Å²) in [7, 11) is 3.10. The van der Waals surface area contributed by atoms with E-state index in [4.69, 9.17) is 11.6 Å². The Morgan fingerprint density at radius 3 is 2.46 bits per heavy atom. The van der Waals surface area contributed by atoms with Crippen LogP contribution in [0.15, 0.2) is 48.9 Å². The second kappa shape index (κ2) is 12.1. The smallest absolute Gasteiger partial charge is 0.314 e. The van der Waals surface area contributed by atoms with Gasteiger partial charge in [-0.15, -0.1) is 0 Å². The third-order valence-electron chi connectivity index (χ3n) is 5.53. The minimum atomic E-state index is -1.02. The number of anilines is 1. The Hall–Kier alpha value is -3.79. The molecular formula is C24H27ClN6O4. The number of carbonyl (C=O) groups is 4. The van der Waals surface area contributed by atoms with Gasteiger partial charge in [0.2, 0.25) is 11.8 Å². The topological polar surface area (TPSA) is 133 Å². The van der Waals surface area contributed by atoms with Crippen molar-refractivity contribution in [3.05, 3.63) is 59.5 Å². The van der Waals surface area contributed by atoms with Gasteiger partial charge < -0.3 is 20.9 Å². The highest BCUT2D eigenvalue weighted by atomic mass is 35.5. The Balaban J connectivity index is 1.56. The van der Waals surface area contributed by atoms with Gasteiger partial charge in [0.25, 0.3) is 0 Å². The molecule has 0 bridgehead atoms. The molecular weight excluding hydrogens is 472 g/mol. The minimum Gasteiger partial charge on any atom is -0.347 e. The molecule has 11 heteroatoms. The molecule has 1 aliphatic carbocycles. The number of halogens is 1. The lowest BCUT2D eigenvalue weighted by molar-refractivity contribution is -0.138. The molecule has 0 fully saturated rings. The minimum absolute atomic E-state index is 0.153. The van der Waals surface area contributed by atoms with Gasteiger partial charge in [0.05, 0.1) is 5.02 Å².